The third kappa shape index (κ3) is 5.07. The van der Waals surface area contributed by atoms with Crippen LogP contribution in [-0.4, -0.2) is 28.2 Å². The lowest BCUT2D eigenvalue weighted by Gasteiger charge is -2.06. The molecule has 0 saturated heterocycles. The summed E-state index contributed by atoms with van der Waals surface area (Å²) in [4.78, 5) is 8.61. The van der Waals surface area contributed by atoms with Gasteiger partial charge in [-0.05, 0) is 32.8 Å². The quantitative estimate of drug-likeness (QED) is 0.695. The molecule has 0 radical (unpaired) electrons. The number of unbranched alkanes of at least 4 members (excludes halogenated alkanes) is 3. The summed E-state index contributed by atoms with van der Waals surface area (Å²) in [6, 6.07) is 1.96. The van der Waals surface area contributed by atoms with Gasteiger partial charge < -0.3 is 10.4 Å². The van der Waals surface area contributed by atoms with Gasteiger partial charge in [0.25, 0.3) is 0 Å². The Morgan fingerprint density at radius 2 is 1.69 bits per heavy atom. The number of aryl methyl sites for hydroxylation is 2. The van der Waals surface area contributed by atoms with E-state index in [0.29, 0.717) is 6.61 Å². The van der Waals surface area contributed by atoms with Crippen molar-refractivity contribution in [2.24, 2.45) is 0 Å². The van der Waals surface area contributed by atoms with E-state index in [4.69, 9.17) is 5.11 Å². The predicted molar refractivity (Wildman–Crippen MR) is 65.5 cm³/mol. The minimum Gasteiger partial charge on any atom is -0.396 e. The van der Waals surface area contributed by atoms with E-state index < -0.39 is 0 Å². The van der Waals surface area contributed by atoms with Crippen LogP contribution in [0.3, 0.4) is 0 Å². The third-order valence-electron chi connectivity index (χ3n) is 2.35. The molecule has 4 nitrogen and oxygen atoms in total. The van der Waals surface area contributed by atoms with Crippen molar-refractivity contribution in [1.82, 2.24) is 9.97 Å². The highest BCUT2D eigenvalue weighted by Crippen LogP contribution is 2.04. The Kier molecular flexibility index (Phi) is 5.78. The fourth-order valence-electron chi connectivity index (χ4n) is 1.60. The molecule has 0 fully saturated rings. The average Bonchev–Trinajstić information content (AvgIpc) is 2.22. The second-order valence-corrected chi connectivity index (χ2v) is 4.04. The van der Waals surface area contributed by atoms with Crippen LogP contribution in [0.5, 0.6) is 0 Å². The molecule has 16 heavy (non-hydrogen) atoms. The lowest BCUT2D eigenvalue weighted by atomic mass is 10.2. The van der Waals surface area contributed by atoms with Gasteiger partial charge in [-0.3, -0.25) is 0 Å². The summed E-state index contributed by atoms with van der Waals surface area (Å²) in [7, 11) is 0. The summed E-state index contributed by atoms with van der Waals surface area (Å²) in [5.41, 5.74) is 1.99. The average molecular weight is 223 g/mol. The number of aliphatic hydroxyl groups is 1. The van der Waals surface area contributed by atoms with Gasteiger partial charge in [-0.1, -0.05) is 12.8 Å². The normalized spacial score (nSPS) is 10.4. The van der Waals surface area contributed by atoms with Crippen molar-refractivity contribution >= 4 is 5.95 Å². The van der Waals surface area contributed by atoms with Crippen molar-refractivity contribution in [3.05, 3.63) is 17.5 Å². The first-order chi connectivity index (χ1) is 7.72. The SMILES string of the molecule is Cc1cc(C)nc(NCCCCCCO)n1. The maximum atomic E-state index is 8.63. The van der Waals surface area contributed by atoms with Crippen LogP contribution in [0.25, 0.3) is 0 Å². The van der Waals surface area contributed by atoms with Crippen molar-refractivity contribution in [1.29, 1.82) is 0 Å². The number of rotatable bonds is 7. The fraction of sp³-hybridized carbons (Fsp3) is 0.667. The molecule has 0 amide bonds. The second kappa shape index (κ2) is 7.17. The molecule has 1 rings (SSSR count). The van der Waals surface area contributed by atoms with Crippen molar-refractivity contribution in [2.75, 3.05) is 18.5 Å². The molecule has 0 aliphatic carbocycles. The van der Waals surface area contributed by atoms with Crippen LogP contribution in [0.1, 0.15) is 37.1 Å². The molecular formula is C12H21N3O. The van der Waals surface area contributed by atoms with E-state index in [0.717, 1.165) is 49.6 Å². The van der Waals surface area contributed by atoms with Gasteiger partial charge in [0.2, 0.25) is 5.95 Å². The van der Waals surface area contributed by atoms with Gasteiger partial charge in [-0.15, -0.1) is 0 Å². The first kappa shape index (κ1) is 12.9. The second-order valence-electron chi connectivity index (χ2n) is 4.04. The Balaban J connectivity index is 2.21. The summed E-state index contributed by atoms with van der Waals surface area (Å²) >= 11 is 0. The highest BCUT2D eigenvalue weighted by atomic mass is 16.2. The van der Waals surface area contributed by atoms with E-state index >= 15 is 0 Å². The summed E-state index contributed by atoms with van der Waals surface area (Å²) in [5, 5.41) is 11.8. The molecule has 0 aliphatic heterocycles. The zero-order chi connectivity index (χ0) is 11.8. The number of hydrogen-bond donors (Lipinski definition) is 2. The van der Waals surface area contributed by atoms with E-state index in [1.807, 2.05) is 19.9 Å². The lowest BCUT2D eigenvalue weighted by Crippen LogP contribution is -2.06. The maximum Gasteiger partial charge on any atom is 0.223 e. The minimum atomic E-state index is 0.299. The molecule has 0 atom stereocenters. The molecule has 1 aromatic rings. The van der Waals surface area contributed by atoms with Crippen molar-refractivity contribution in [3.63, 3.8) is 0 Å². The largest absolute Gasteiger partial charge is 0.396 e. The van der Waals surface area contributed by atoms with E-state index in [1.165, 1.54) is 0 Å². The number of aromatic nitrogens is 2. The van der Waals surface area contributed by atoms with Crippen molar-refractivity contribution < 1.29 is 5.11 Å². The van der Waals surface area contributed by atoms with Crippen LogP contribution >= 0.6 is 0 Å². The van der Waals surface area contributed by atoms with Crippen LogP contribution in [0, 0.1) is 13.8 Å². The molecule has 0 spiro atoms. The Morgan fingerprint density at radius 3 is 2.31 bits per heavy atom. The Hall–Kier alpha value is -1.16. The van der Waals surface area contributed by atoms with Crippen LogP contribution in [-0.2, 0) is 0 Å². The van der Waals surface area contributed by atoms with Crippen LogP contribution < -0.4 is 5.32 Å². The van der Waals surface area contributed by atoms with Gasteiger partial charge in [0.15, 0.2) is 0 Å². The standard InChI is InChI=1S/C12H21N3O/c1-10-9-11(2)15-12(14-10)13-7-5-3-4-6-8-16/h9,16H,3-8H2,1-2H3,(H,13,14,15). The maximum absolute atomic E-state index is 8.63. The molecule has 0 saturated carbocycles. The molecule has 0 bridgehead atoms. The molecule has 0 aromatic carbocycles. The van der Waals surface area contributed by atoms with Crippen molar-refractivity contribution in [3.8, 4) is 0 Å². The summed E-state index contributed by atoms with van der Waals surface area (Å²) < 4.78 is 0. The van der Waals surface area contributed by atoms with E-state index in [1.54, 1.807) is 0 Å². The van der Waals surface area contributed by atoms with Crippen LogP contribution in [0.2, 0.25) is 0 Å². The highest BCUT2D eigenvalue weighted by molar-refractivity contribution is 5.27. The fourth-order valence-corrected chi connectivity index (χ4v) is 1.60. The molecule has 90 valence electrons. The zero-order valence-electron chi connectivity index (χ0n) is 10.2. The first-order valence-electron chi connectivity index (χ1n) is 5.89. The number of anilines is 1. The topological polar surface area (TPSA) is 58.0 Å². The van der Waals surface area contributed by atoms with Gasteiger partial charge in [0.1, 0.15) is 0 Å². The van der Waals surface area contributed by atoms with Gasteiger partial charge in [-0.2, -0.15) is 0 Å². The van der Waals surface area contributed by atoms with Gasteiger partial charge >= 0.3 is 0 Å². The first-order valence-corrected chi connectivity index (χ1v) is 5.89. The van der Waals surface area contributed by atoms with Crippen LogP contribution in [0.4, 0.5) is 5.95 Å². The summed E-state index contributed by atoms with van der Waals surface area (Å²) in [6.45, 7) is 5.14. The molecular weight excluding hydrogens is 202 g/mol. The van der Waals surface area contributed by atoms with Gasteiger partial charge in [0, 0.05) is 24.5 Å². The number of hydrogen-bond acceptors (Lipinski definition) is 4. The Bertz CT molecular complexity index is 295. The molecule has 0 unspecified atom stereocenters. The lowest BCUT2D eigenvalue weighted by molar-refractivity contribution is 0.283. The molecule has 4 heteroatoms. The van der Waals surface area contributed by atoms with Gasteiger partial charge in [0.05, 0.1) is 0 Å². The van der Waals surface area contributed by atoms with E-state index in [2.05, 4.69) is 15.3 Å². The number of nitrogens with zero attached hydrogens (tertiary/aromatic N) is 2. The number of nitrogens with one attached hydrogen (secondary N) is 1. The minimum absolute atomic E-state index is 0.299. The molecule has 1 heterocycles. The third-order valence-corrected chi connectivity index (χ3v) is 2.35. The monoisotopic (exact) mass is 223 g/mol. The van der Waals surface area contributed by atoms with Gasteiger partial charge in [-0.25, -0.2) is 9.97 Å². The predicted octanol–water partition coefficient (Wildman–Crippen LogP) is 2.06. The van der Waals surface area contributed by atoms with E-state index in [9.17, 15) is 0 Å². The smallest absolute Gasteiger partial charge is 0.223 e. The Labute approximate surface area is 97.1 Å². The van der Waals surface area contributed by atoms with Crippen molar-refractivity contribution in [2.45, 2.75) is 39.5 Å². The van der Waals surface area contributed by atoms with Crippen LogP contribution in [0.15, 0.2) is 6.07 Å². The highest BCUT2D eigenvalue weighted by Gasteiger charge is 1.97. The molecule has 1 aromatic heterocycles. The summed E-state index contributed by atoms with van der Waals surface area (Å²) in [5.74, 6) is 0.722. The zero-order valence-corrected chi connectivity index (χ0v) is 10.2. The molecule has 2 N–H and O–H groups in total. The summed E-state index contributed by atoms with van der Waals surface area (Å²) in [6.07, 6.45) is 4.22. The molecule has 0 aliphatic rings. The van der Waals surface area contributed by atoms with E-state index in [-0.39, 0.29) is 0 Å². The Morgan fingerprint density at radius 1 is 1.06 bits per heavy atom. The number of aliphatic hydroxyl groups excluding tert-OH is 1.